The van der Waals surface area contributed by atoms with Gasteiger partial charge in [0.25, 0.3) is 0 Å². The zero-order valence-corrected chi connectivity index (χ0v) is 12.8. The fraction of sp³-hybridized carbons (Fsp3) is 0.588. The maximum atomic E-state index is 12.5. The van der Waals surface area contributed by atoms with Crippen LogP contribution in [0, 0.1) is 0 Å². The SMILES string of the molecule is CCC(CC)(CC)NC(=O)C1Cc2ccccc2CN1. The van der Waals surface area contributed by atoms with Crippen molar-refractivity contribution in [3.63, 3.8) is 0 Å². The lowest BCUT2D eigenvalue weighted by Gasteiger charge is -2.35. The van der Waals surface area contributed by atoms with Gasteiger partial charge in [-0.3, -0.25) is 4.79 Å². The largest absolute Gasteiger partial charge is 0.349 e. The predicted molar refractivity (Wildman–Crippen MR) is 82.5 cm³/mol. The molecule has 1 heterocycles. The van der Waals surface area contributed by atoms with Crippen molar-refractivity contribution in [2.75, 3.05) is 0 Å². The molecule has 1 aromatic carbocycles. The summed E-state index contributed by atoms with van der Waals surface area (Å²) in [6.45, 7) is 7.23. The standard InChI is InChI=1S/C17H26N2O/c1-4-17(5-2,6-3)19-16(20)15-11-13-9-7-8-10-14(13)12-18-15/h7-10,15,18H,4-6,11-12H2,1-3H3,(H,19,20). The second kappa shape index (κ2) is 6.40. The van der Waals surface area contributed by atoms with Gasteiger partial charge in [0.2, 0.25) is 5.91 Å². The summed E-state index contributed by atoms with van der Waals surface area (Å²) < 4.78 is 0. The van der Waals surface area contributed by atoms with E-state index in [4.69, 9.17) is 0 Å². The lowest BCUT2D eigenvalue weighted by molar-refractivity contribution is -0.125. The van der Waals surface area contributed by atoms with Crippen LogP contribution in [0.5, 0.6) is 0 Å². The Labute approximate surface area is 122 Å². The van der Waals surface area contributed by atoms with Gasteiger partial charge in [0.15, 0.2) is 0 Å². The van der Waals surface area contributed by atoms with E-state index < -0.39 is 0 Å². The molecule has 0 fully saturated rings. The summed E-state index contributed by atoms with van der Waals surface area (Å²) >= 11 is 0. The summed E-state index contributed by atoms with van der Waals surface area (Å²) in [5.74, 6) is 0.144. The highest BCUT2D eigenvalue weighted by molar-refractivity contribution is 5.83. The molecular weight excluding hydrogens is 248 g/mol. The van der Waals surface area contributed by atoms with Gasteiger partial charge in [0, 0.05) is 12.1 Å². The molecule has 2 N–H and O–H groups in total. The van der Waals surface area contributed by atoms with Crippen LogP contribution in [0.2, 0.25) is 0 Å². The third-order valence-corrected chi connectivity index (χ3v) is 4.82. The van der Waals surface area contributed by atoms with Crippen molar-refractivity contribution in [1.29, 1.82) is 0 Å². The number of fused-ring (bicyclic) bond motifs is 1. The van der Waals surface area contributed by atoms with Crippen molar-refractivity contribution >= 4 is 5.91 Å². The Bertz CT molecular complexity index is 458. The first-order chi connectivity index (χ1) is 9.64. The fourth-order valence-electron chi connectivity index (χ4n) is 3.00. The van der Waals surface area contributed by atoms with Gasteiger partial charge in [-0.15, -0.1) is 0 Å². The summed E-state index contributed by atoms with van der Waals surface area (Å²) in [7, 11) is 0. The molecule has 20 heavy (non-hydrogen) atoms. The minimum atomic E-state index is -0.103. The first-order valence-corrected chi connectivity index (χ1v) is 7.76. The topological polar surface area (TPSA) is 41.1 Å². The molecule has 0 radical (unpaired) electrons. The zero-order chi connectivity index (χ0) is 14.6. The highest BCUT2D eigenvalue weighted by atomic mass is 16.2. The number of carbonyl (C=O) groups excluding carboxylic acids is 1. The minimum Gasteiger partial charge on any atom is -0.349 e. The van der Waals surface area contributed by atoms with E-state index in [0.29, 0.717) is 0 Å². The van der Waals surface area contributed by atoms with Crippen LogP contribution in [0.15, 0.2) is 24.3 Å². The number of benzene rings is 1. The fourth-order valence-corrected chi connectivity index (χ4v) is 3.00. The third-order valence-electron chi connectivity index (χ3n) is 4.82. The lowest BCUT2D eigenvalue weighted by Crippen LogP contribution is -2.55. The molecule has 3 heteroatoms. The van der Waals surface area contributed by atoms with Crippen molar-refractivity contribution in [2.45, 2.75) is 64.6 Å². The number of carbonyl (C=O) groups is 1. The maximum Gasteiger partial charge on any atom is 0.237 e. The molecule has 110 valence electrons. The quantitative estimate of drug-likeness (QED) is 0.867. The zero-order valence-electron chi connectivity index (χ0n) is 12.8. The van der Waals surface area contributed by atoms with Crippen molar-refractivity contribution in [2.24, 2.45) is 0 Å². The van der Waals surface area contributed by atoms with Crippen LogP contribution in [0.3, 0.4) is 0 Å². The highest BCUT2D eigenvalue weighted by Gasteiger charge is 2.30. The van der Waals surface area contributed by atoms with Crippen molar-refractivity contribution in [3.8, 4) is 0 Å². The molecule has 0 saturated carbocycles. The van der Waals surface area contributed by atoms with Crippen LogP contribution >= 0.6 is 0 Å². The van der Waals surface area contributed by atoms with Gasteiger partial charge >= 0.3 is 0 Å². The third kappa shape index (κ3) is 3.04. The van der Waals surface area contributed by atoms with Crippen molar-refractivity contribution in [1.82, 2.24) is 10.6 Å². The predicted octanol–water partition coefficient (Wildman–Crippen LogP) is 2.79. The molecule has 1 atom stereocenters. The maximum absolute atomic E-state index is 12.5. The van der Waals surface area contributed by atoms with E-state index >= 15 is 0 Å². The lowest BCUT2D eigenvalue weighted by atomic mass is 9.88. The number of amides is 1. The van der Waals surface area contributed by atoms with Gasteiger partial charge in [0.05, 0.1) is 6.04 Å². The van der Waals surface area contributed by atoms with E-state index in [1.165, 1.54) is 11.1 Å². The van der Waals surface area contributed by atoms with E-state index in [0.717, 1.165) is 32.2 Å². The summed E-state index contributed by atoms with van der Waals surface area (Å²) in [4.78, 5) is 12.5. The van der Waals surface area contributed by atoms with E-state index in [1.54, 1.807) is 0 Å². The van der Waals surface area contributed by atoms with E-state index in [9.17, 15) is 4.79 Å². The Kier molecular flexibility index (Phi) is 4.81. The minimum absolute atomic E-state index is 0.0459. The van der Waals surface area contributed by atoms with Crippen LogP contribution in [0.1, 0.15) is 51.2 Å². The summed E-state index contributed by atoms with van der Waals surface area (Å²) in [6, 6.07) is 8.26. The van der Waals surface area contributed by atoms with Crippen LogP contribution in [-0.2, 0) is 17.8 Å². The van der Waals surface area contributed by atoms with Gasteiger partial charge in [0.1, 0.15) is 0 Å². The molecule has 1 aliphatic heterocycles. The Balaban J connectivity index is 2.05. The molecule has 1 aliphatic rings. The highest BCUT2D eigenvalue weighted by Crippen LogP contribution is 2.21. The van der Waals surface area contributed by atoms with Gasteiger partial charge in [-0.05, 0) is 36.8 Å². The Hall–Kier alpha value is -1.35. The molecule has 1 amide bonds. The molecule has 3 nitrogen and oxygen atoms in total. The summed E-state index contributed by atoms with van der Waals surface area (Å²) in [5, 5.41) is 6.64. The number of hydrogen-bond donors (Lipinski definition) is 2. The number of rotatable bonds is 5. The molecule has 0 spiro atoms. The first-order valence-electron chi connectivity index (χ1n) is 7.76. The van der Waals surface area contributed by atoms with E-state index in [1.807, 2.05) is 6.07 Å². The van der Waals surface area contributed by atoms with Crippen LogP contribution < -0.4 is 10.6 Å². The van der Waals surface area contributed by atoms with Crippen molar-refractivity contribution in [3.05, 3.63) is 35.4 Å². The molecule has 0 aromatic heterocycles. The molecule has 0 aliphatic carbocycles. The van der Waals surface area contributed by atoms with E-state index in [2.05, 4.69) is 49.6 Å². The molecule has 1 aromatic rings. The summed E-state index contributed by atoms with van der Waals surface area (Å²) in [5.41, 5.74) is 2.56. The molecule has 0 saturated heterocycles. The first kappa shape index (κ1) is 15.0. The average Bonchev–Trinajstić information content (AvgIpc) is 2.52. The number of nitrogens with one attached hydrogen (secondary N) is 2. The van der Waals surface area contributed by atoms with Crippen LogP contribution in [0.4, 0.5) is 0 Å². The van der Waals surface area contributed by atoms with Gasteiger partial charge in [-0.2, -0.15) is 0 Å². The molecule has 0 bridgehead atoms. The molecule has 2 rings (SSSR count). The normalized spacial score (nSPS) is 18.4. The van der Waals surface area contributed by atoms with Crippen molar-refractivity contribution < 1.29 is 4.79 Å². The van der Waals surface area contributed by atoms with Gasteiger partial charge < -0.3 is 10.6 Å². The second-order valence-electron chi connectivity index (χ2n) is 5.74. The van der Waals surface area contributed by atoms with Crippen LogP contribution in [0.25, 0.3) is 0 Å². The Morgan fingerprint density at radius 2 is 1.80 bits per heavy atom. The van der Waals surface area contributed by atoms with Gasteiger partial charge in [-0.25, -0.2) is 0 Å². The number of hydrogen-bond acceptors (Lipinski definition) is 2. The second-order valence-corrected chi connectivity index (χ2v) is 5.74. The monoisotopic (exact) mass is 274 g/mol. The Morgan fingerprint density at radius 1 is 1.20 bits per heavy atom. The van der Waals surface area contributed by atoms with Gasteiger partial charge in [-0.1, -0.05) is 45.0 Å². The molecular formula is C17H26N2O. The summed E-state index contributed by atoms with van der Waals surface area (Å²) in [6.07, 6.45) is 3.73. The molecule has 1 unspecified atom stereocenters. The average molecular weight is 274 g/mol. The smallest absolute Gasteiger partial charge is 0.237 e. The Morgan fingerprint density at radius 3 is 2.40 bits per heavy atom. The van der Waals surface area contributed by atoms with Crippen LogP contribution in [-0.4, -0.2) is 17.5 Å². The van der Waals surface area contributed by atoms with E-state index in [-0.39, 0.29) is 17.5 Å².